The Morgan fingerprint density at radius 1 is 0.885 bits per heavy atom. The van der Waals surface area contributed by atoms with E-state index in [1.165, 1.54) is 0 Å². The van der Waals surface area contributed by atoms with E-state index < -0.39 is 0 Å². The van der Waals surface area contributed by atoms with Crippen LogP contribution >= 0.6 is 34.8 Å². The third kappa shape index (κ3) is 5.22. The molecular formula is C21H25Cl3O2. The number of hydrogen-bond acceptors (Lipinski definition) is 2. The first-order valence-corrected chi connectivity index (χ1v) is 10.1. The molecule has 2 aromatic rings. The van der Waals surface area contributed by atoms with Gasteiger partial charge in [-0.15, -0.1) is 11.6 Å². The second-order valence-electron chi connectivity index (χ2n) is 6.66. The van der Waals surface area contributed by atoms with Crippen LogP contribution in [0.15, 0.2) is 36.4 Å². The van der Waals surface area contributed by atoms with Crippen molar-refractivity contribution >= 4 is 34.8 Å². The number of rotatable bonds is 9. The molecule has 2 rings (SSSR count). The van der Waals surface area contributed by atoms with Crippen molar-refractivity contribution in [3.05, 3.63) is 57.6 Å². The Balaban J connectivity index is 2.23. The molecule has 0 spiro atoms. The lowest BCUT2D eigenvalue weighted by molar-refractivity contribution is 0.317. The van der Waals surface area contributed by atoms with Crippen LogP contribution in [0.2, 0.25) is 10.0 Å². The van der Waals surface area contributed by atoms with Gasteiger partial charge in [0.25, 0.3) is 0 Å². The molecule has 0 N–H and O–H groups in total. The topological polar surface area (TPSA) is 18.5 Å². The van der Waals surface area contributed by atoms with E-state index in [2.05, 4.69) is 26.0 Å². The second-order valence-corrected chi connectivity index (χ2v) is 7.85. The summed E-state index contributed by atoms with van der Waals surface area (Å²) < 4.78 is 11.3. The van der Waals surface area contributed by atoms with Gasteiger partial charge in [-0.2, -0.15) is 0 Å². The van der Waals surface area contributed by atoms with Crippen molar-refractivity contribution in [2.24, 2.45) is 0 Å². The standard InChI is InChI=1S/C21H25Cl3O2/c1-4-11-26-20-18(23)13-16(14-19(20)24)21(2,3)15-6-8-17(9-7-15)25-12-5-10-22/h6-9,13-14H,4-5,10-12H2,1-3H3. The Labute approximate surface area is 171 Å². The van der Waals surface area contributed by atoms with E-state index in [-0.39, 0.29) is 5.41 Å². The molecule has 0 radical (unpaired) electrons. The minimum atomic E-state index is -0.259. The lowest BCUT2D eigenvalue weighted by Gasteiger charge is -2.27. The first-order valence-electron chi connectivity index (χ1n) is 8.81. The second kappa shape index (κ2) is 9.73. The van der Waals surface area contributed by atoms with Crippen molar-refractivity contribution in [2.75, 3.05) is 19.1 Å². The summed E-state index contributed by atoms with van der Waals surface area (Å²) in [5, 5.41) is 1.07. The van der Waals surface area contributed by atoms with Crippen LogP contribution in [-0.4, -0.2) is 19.1 Å². The van der Waals surface area contributed by atoms with Gasteiger partial charge in [0.2, 0.25) is 0 Å². The third-order valence-corrected chi connectivity index (χ3v) is 5.12. The first kappa shape index (κ1) is 21.2. The molecule has 0 aliphatic heterocycles. The van der Waals surface area contributed by atoms with E-state index in [1.807, 2.05) is 31.2 Å². The highest BCUT2D eigenvalue weighted by Crippen LogP contribution is 2.40. The van der Waals surface area contributed by atoms with Gasteiger partial charge in [0, 0.05) is 11.3 Å². The molecule has 0 saturated heterocycles. The van der Waals surface area contributed by atoms with Gasteiger partial charge in [0.15, 0.2) is 5.75 Å². The number of hydrogen-bond donors (Lipinski definition) is 0. The number of alkyl halides is 1. The average molecular weight is 416 g/mol. The molecule has 26 heavy (non-hydrogen) atoms. The molecule has 0 saturated carbocycles. The van der Waals surface area contributed by atoms with Gasteiger partial charge in [0.1, 0.15) is 5.75 Å². The molecule has 0 aliphatic rings. The van der Waals surface area contributed by atoms with Gasteiger partial charge in [-0.1, -0.05) is 56.1 Å². The molecule has 0 heterocycles. The van der Waals surface area contributed by atoms with Crippen molar-refractivity contribution in [2.45, 2.75) is 39.0 Å². The van der Waals surface area contributed by atoms with E-state index in [9.17, 15) is 0 Å². The summed E-state index contributed by atoms with van der Waals surface area (Å²) in [6, 6.07) is 12.0. The summed E-state index contributed by atoms with van der Waals surface area (Å²) in [6.07, 6.45) is 1.73. The highest BCUT2D eigenvalue weighted by Gasteiger charge is 2.25. The molecule has 0 bridgehead atoms. The molecule has 0 aromatic heterocycles. The Hall–Kier alpha value is -1.09. The monoisotopic (exact) mass is 414 g/mol. The minimum Gasteiger partial charge on any atom is -0.494 e. The Kier molecular flexibility index (Phi) is 7.94. The van der Waals surface area contributed by atoms with E-state index in [0.717, 1.165) is 29.7 Å². The Morgan fingerprint density at radius 2 is 1.50 bits per heavy atom. The Morgan fingerprint density at radius 3 is 2.04 bits per heavy atom. The van der Waals surface area contributed by atoms with Gasteiger partial charge in [-0.3, -0.25) is 0 Å². The molecule has 0 amide bonds. The van der Waals surface area contributed by atoms with Crippen LogP contribution in [0.3, 0.4) is 0 Å². The van der Waals surface area contributed by atoms with Gasteiger partial charge in [-0.05, 0) is 48.2 Å². The van der Waals surface area contributed by atoms with E-state index in [4.69, 9.17) is 44.3 Å². The average Bonchev–Trinajstić information content (AvgIpc) is 2.61. The molecule has 2 nitrogen and oxygen atoms in total. The fourth-order valence-electron chi connectivity index (χ4n) is 2.64. The summed E-state index contributed by atoms with van der Waals surface area (Å²) in [6.45, 7) is 7.54. The summed E-state index contributed by atoms with van der Waals surface area (Å²) in [5.41, 5.74) is 1.93. The lowest BCUT2D eigenvalue weighted by atomic mass is 9.78. The van der Waals surface area contributed by atoms with Crippen LogP contribution < -0.4 is 9.47 Å². The summed E-state index contributed by atoms with van der Waals surface area (Å²) in [5.74, 6) is 2.00. The zero-order valence-electron chi connectivity index (χ0n) is 15.5. The molecule has 0 fully saturated rings. The fourth-order valence-corrected chi connectivity index (χ4v) is 3.35. The van der Waals surface area contributed by atoms with Crippen LogP contribution in [0.25, 0.3) is 0 Å². The normalized spacial score (nSPS) is 11.5. The van der Waals surface area contributed by atoms with Crippen LogP contribution in [0.5, 0.6) is 11.5 Å². The summed E-state index contributed by atoms with van der Waals surface area (Å²) in [7, 11) is 0. The largest absolute Gasteiger partial charge is 0.494 e. The van der Waals surface area contributed by atoms with Gasteiger partial charge in [-0.25, -0.2) is 0 Å². The quantitative estimate of drug-likeness (QED) is 0.321. The van der Waals surface area contributed by atoms with Crippen LogP contribution in [0.4, 0.5) is 0 Å². The molecule has 5 heteroatoms. The lowest BCUT2D eigenvalue weighted by Crippen LogP contribution is -2.19. The third-order valence-electron chi connectivity index (χ3n) is 4.29. The van der Waals surface area contributed by atoms with Crippen molar-refractivity contribution in [3.8, 4) is 11.5 Å². The van der Waals surface area contributed by atoms with E-state index >= 15 is 0 Å². The van der Waals surface area contributed by atoms with Gasteiger partial charge in [0.05, 0.1) is 23.3 Å². The van der Waals surface area contributed by atoms with Gasteiger partial charge >= 0.3 is 0 Å². The van der Waals surface area contributed by atoms with Crippen molar-refractivity contribution in [1.82, 2.24) is 0 Å². The van der Waals surface area contributed by atoms with Crippen LogP contribution in [0.1, 0.15) is 44.7 Å². The summed E-state index contributed by atoms with van der Waals surface area (Å²) >= 11 is 18.5. The highest BCUT2D eigenvalue weighted by molar-refractivity contribution is 6.37. The van der Waals surface area contributed by atoms with Crippen LogP contribution in [-0.2, 0) is 5.41 Å². The predicted octanol–water partition coefficient (Wildman–Crippen LogP) is 7.12. The molecule has 0 aliphatic carbocycles. The zero-order chi connectivity index (χ0) is 19.2. The highest BCUT2D eigenvalue weighted by atomic mass is 35.5. The van der Waals surface area contributed by atoms with Crippen molar-refractivity contribution in [1.29, 1.82) is 0 Å². The molecule has 142 valence electrons. The number of halogens is 3. The van der Waals surface area contributed by atoms with Crippen molar-refractivity contribution < 1.29 is 9.47 Å². The maximum atomic E-state index is 6.42. The van der Waals surface area contributed by atoms with E-state index in [1.54, 1.807) is 0 Å². The zero-order valence-corrected chi connectivity index (χ0v) is 17.7. The first-order chi connectivity index (χ1) is 12.4. The van der Waals surface area contributed by atoms with Crippen LogP contribution in [0, 0.1) is 0 Å². The van der Waals surface area contributed by atoms with E-state index in [0.29, 0.717) is 34.9 Å². The van der Waals surface area contributed by atoms with Gasteiger partial charge < -0.3 is 9.47 Å². The van der Waals surface area contributed by atoms with Crippen molar-refractivity contribution in [3.63, 3.8) is 0 Å². The predicted molar refractivity (Wildman–Crippen MR) is 112 cm³/mol. The fraction of sp³-hybridized carbons (Fsp3) is 0.429. The molecular weight excluding hydrogens is 391 g/mol. The number of ether oxygens (including phenoxy) is 2. The maximum Gasteiger partial charge on any atom is 0.156 e. The maximum absolute atomic E-state index is 6.42. The molecule has 2 aromatic carbocycles. The SMILES string of the molecule is CCCOc1c(Cl)cc(C(C)(C)c2ccc(OCCCCl)cc2)cc1Cl. The summed E-state index contributed by atoms with van der Waals surface area (Å²) in [4.78, 5) is 0. The molecule has 0 atom stereocenters. The number of benzene rings is 2. The minimum absolute atomic E-state index is 0.259. The Bertz CT molecular complexity index is 689. The smallest absolute Gasteiger partial charge is 0.156 e. The molecule has 0 unspecified atom stereocenters.